The summed E-state index contributed by atoms with van der Waals surface area (Å²) in [5.41, 5.74) is 0. The van der Waals surface area contributed by atoms with Crippen molar-refractivity contribution < 1.29 is 4.21 Å². The van der Waals surface area contributed by atoms with Crippen LogP contribution in [0.4, 0.5) is 0 Å². The normalized spacial score (nSPS) is 20.8. The van der Waals surface area contributed by atoms with E-state index >= 15 is 0 Å². The van der Waals surface area contributed by atoms with E-state index in [1.165, 1.54) is 6.26 Å². The Kier molecular flexibility index (Phi) is 3.18. The van der Waals surface area contributed by atoms with Crippen LogP contribution in [-0.2, 0) is 9.73 Å². The second-order valence-corrected chi connectivity index (χ2v) is 5.03. The number of hydrogen-bond acceptors (Lipinski definition) is 2. The summed E-state index contributed by atoms with van der Waals surface area (Å²) in [5.74, 6) is 0.976. The summed E-state index contributed by atoms with van der Waals surface area (Å²) in [4.78, 5) is 0. The van der Waals surface area contributed by atoms with Crippen LogP contribution in [0.25, 0.3) is 0 Å². The molecule has 0 saturated heterocycles. The molecule has 0 rings (SSSR count). The van der Waals surface area contributed by atoms with E-state index in [2.05, 4.69) is 6.92 Å². The van der Waals surface area contributed by atoms with E-state index in [4.69, 9.17) is 4.78 Å². The van der Waals surface area contributed by atoms with Gasteiger partial charge in [0.15, 0.2) is 0 Å². The van der Waals surface area contributed by atoms with E-state index in [1.54, 1.807) is 0 Å². The molecule has 0 bridgehead atoms. The molecule has 9 heavy (non-hydrogen) atoms. The summed E-state index contributed by atoms with van der Waals surface area (Å²) in [6, 6.07) is 0. The first kappa shape index (κ1) is 8.95. The van der Waals surface area contributed by atoms with Crippen LogP contribution in [0.3, 0.4) is 0 Å². The Morgan fingerprint density at radius 2 is 2.11 bits per heavy atom. The third-order valence-electron chi connectivity index (χ3n) is 1.30. The fourth-order valence-electron chi connectivity index (χ4n) is 0.661. The van der Waals surface area contributed by atoms with Crippen LogP contribution in [-0.4, -0.2) is 16.2 Å². The summed E-state index contributed by atoms with van der Waals surface area (Å²) >= 11 is 0. The highest BCUT2D eigenvalue weighted by Crippen LogP contribution is 2.03. The fraction of sp³-hybridized carbons (Fsp3) is 1.00. The molecule has 2 nitrogen and oxygen atoms in total. The highest BCUT2D eigenvalue weighted by atomic mass is 32.2. The van der Waals surface area contributed by atoms with Gasteiger partial charge < -0.3 is 0 Å². The van der Waals surface area contributed by atoms with Gasteiger partial charge in [0.25, 0.3) is 0 Å². The minimum atomic E-state index is -2.24. The number of nitrogens with one attached hydrogen (secondary N) is 1. The highest BCUT2D eigenvalue weighted by molar-refractivity contribution is 7.91. The monoisotopic (exact) mass is 149 g/mol. The Bertz CT molecular complexity index is 160. The van der Waals surface area contributed by atoms with Crippen molar-refractivity contribution in [3.05, 3.63) is 0 Å². The van der Waals surface area contributed by atoms with Crippen LogP contribution < -0.4 is 0 Å². The van der Waals surface area contributed by atoms with Crippen molar-refractivity contribution in [2.24, 2.45) is 5.92 Å². The fourth-order valence-corrected chi connectivity index (χ4v) is 1.98. The van der Waals surface area contributed by atoms with Crippen molar-refractivity contribution in [2.75, 3.05) is 12.0 Å². The van der Waals surface area contributed by atoms with Crippen molar-refractivity contribution in [2.45, 2.75) is 20.3 Å². The first-order valence-corrected chi connectivity index (χ1v) is 5.30. The zero-order valence-electron chi connectivity index (χ0n) is 6.31. The van der Waals surface area contributed by atoms with Gasteiger partial charge in [-0.3, -0.25) is 8.99 Å². The lowest BCUT2D eigenvalue weighted by Gasteiger charge is -2.06. The summed E-state index contributed by atoms with van der Waals surface area (Å²) in [7, 11) is -2.24. The summed E-state index contributed by atoms with van der Waals surface area (Å²) < 4.78 is 17.9. The van der Waals surface area contributed by atoms with Gasteiger partial charge in [-0.1, -0.05) is 20.3 Å². The second kappa shape index (κ2) is 3.20. The summed E-state index contributed by atoms with van der Waals surface area (Å²) in [6.45, 7) is 4.08. The van der Waals surface area contributed by atoms with Gasteiger partial charge in [0, 0.05) is 21.7 Å². The lowest BCUT2D eigenvalue weighted by atomic mass is 10.2. The molecular weight excluding hydrogens is 134 g/mol. The first-order chi connectivity index (χ1) is 3.95. The van der Waals surface area contributed by atoms with Gasteiger partial charge in [-0.05, 0) is 5.92 Å². The average molecular weight is 149 g/mol. The van der Waals surface area contributed by atoms with E-state index in [9.17, 15) is 4.21 Å². The van der Waals surface area contributed by atoms with Crippen LogP contribution >= 0.6 is 0 Å². The quantitative estimate of drug-likeness (QED) is 0.652. The number of hydrogen-bond donors (Lipinski definition) is 1. The summed E-state index contributed by atoms with van der Waals surface area (Å²) in [6.07, 6.45) is 2.52. The molecule has 0 aliphatic rings. The molecule has 0 aromatic rings. The molecule has 0 aliphatic heterocycles. The molecule has 0 aliphatic carbocycles. The van der Waals surface area contributed by atoms with Gasteiger partial charge in [0.1, 0.15) is 0 Å². The molecule has 0 unspecified atom stereocenters. The zero-order chi connectivity index (χ0) is 7.49. The van der Waals surface area contributed by atoms with Gasteiger partial charge in [0.2, 0.25) is 0 Å². The Labute approximate surface area is 57.6 Å². The Morgan fingerprint density at radius 1 is 1.67 bits per heavy atom. The van der Waals surface area contributed by atoms with Crippen molar-refractivity contribution >= 4 is 9.73 Å². The van der Waals surface area contributed by atoms with Crippen LogP contribution in [0, 0.1) is 10.7 Å². The molecule has 0 fully saturated rings. The number of rotatable bonds is 3. The maximum Gasteiger partial charge on any atom is 0.0414 e. The summed E-state index contributed by atoms with van der Waals surface area (Å²) in [5, 5.41) is 0. The van der Waals surface area contributed by atoms with E-state index in [0.29, 0.717) is 11.7 Å². The third kappa shape index (κ3) is 5.83. The van der Waals surface area contributed by atoms with Gasteiger partial charge in [-0.15, -0.1) is 0 Å². The van der Waals surface area contributed by atoms with E-state index in [-0.39, 0.29) is 0 Å². The minimum absolute atomic E-state index is 0.431. The Morgan fingerprint density at radius 3 is 2.22 bits per heavy atom. The van der Waals surface area contributed by atoms with Crippen molar-refractivity contribution in [3.63, 3.8) is 0 Å². The van der Waals surface area contributed by atoms with Crippen molar-refractivity contribution in [1.29, 1.82) is 4.78 Å². The van der Waals surface area contributed by atoms with Crippen LogP contribution in [0.2, 0.25) is 0 Å². The van der Waals surface area contributed by atoms with Crippen LogP contribution in [0.1, 0.15) is 20.3 Å². The molecule has 0 amide bonds. The third-order valence-corrected chi connectivity index (χ3v) is 2.50. The standard InChI is InChI=1S/C6H15NOS/c1-4-6(2)5-9(3,7)8/h6-7H,4-5H2,1-3H3/t6-,9+/m0/s1. The first-order valence-electron chi connectivity index (χ1n) is 3.17. The van der Waals surface area contributed by atoms with Gasteiger partial charge >= 0.3 is 0 Å². The topological polar surface area (TPSA) is 40.9 Å². The van der Waals surface area contributed by atoms with Gasteiger partial charge in [-0.2, -0.15) is 0 Å². The average Bonchev–Trinajstić information content (AvgIpc) is 1.62. The lowest BCUT2D eigenvalue weighted by molar-refractivity contribution is 0.613. The van der Waals surface area contributed by atoms with E-state index in [1.807, 2.05) is 6.92 Å². The molecule has 0 radical (unpaired) electrons. The Hall–Kier alpha value is -0.0500. The molecule has 56 valence electrons. The predicted molar refractivity (Wildman–Crippen MR) is 41.1 cm³/mol. The SMILES string of the molecule is CC[C@H](C)C[S@](C)(=N)=O. The van der Waals surface area contributed by atoms with Gasteiger partial charge in [0.05, 0.1) is 0 Å². The maximum atomic E-state index is 10.8. The molecule has 3 heteroatoms. The molecule has 0 spiro atoms. The predicted octanol–water partition coefficient (Wildman–Crippen LogP) is 1.71. The largest absolute Gasteiger partial charge is 0.253 e. The molecular formula is C6H15NOS. The lowest BCUT2D eigenvalue weighted by Crippen LogP contribution is -2.09. The highest BCUT2D eigenvalue weighted by Gasteiger charge is 2.03. The van der Waals surface area contributed by atoms with E-state index < -0.39 is 9.73 Å². The van der Waals surface area contributed by atoms with Crippen molar-refractivity contribution in [3.8, 4) is 0 Å². The molecule has 0 aromatic heterocycles. The van der Waals surface area contributed by atoms with Gasteiger partial charge in [-0.25, -0.2) is 0 Å². The molecule has 0 saturated carbocycles. The maximum absolute atomic E-state index is 10.8. The minimum Gasteiger partial charge on any atom is -0.253 e. The Balaban J connectivity index is 3.75. The second-order valence-electron chi connectivity index (χ2n) is 2.69. The smallest absolute Gasteiger partial charge is 0.0414 e. The molecule has 1 N–H and O–H groups in total. The molecule has 2 atom stereocenters. The zero-order valence-corrected chi connectivity index (χ0v) is 7.12. The van der Waals surface area contributed by atoms with E-state index in [0.717, 1.165) is 6.42 Å². The van der Waals surface area contributed by atoms with Crippen LogP contribution in [0.5, 0.6) is 0 Å². The molecule has 0 aromatic carbocycles. The van der Waals surface area contributed by atoms with Crippen molar-refractivity contribution in [1.82, 2.24) is 0 Å². The molecule has 0 heterocycles. The van der Waals surface area contributed by atoms with Crippen LogP contribution in [0.15, 0.2) is 0 Å².